The van der Waals surface area contributed by atoms with Crippen molar-refractivity contribution >= 4 is 37.7 Å². The van der Waals surface area contributed by atoms with Crippen LogP contribution in [-0.2, 0) is 9.84 Å². The molecule has 0 bridgehead atoms. The number of thiazole rings is 1. The molecule has 0 radical (unpaired) electrons. The molecule has 0 aliphatic rings. The SMILES string of the molecule is O=S(=O)(c1ccc(Cl)cc1)c1ccc(-c2nc3scc(-c4ccccc4)n3n2)cc1. The van der Waals surface area contributed by atoms with E-state index in [0.717, 1.165) is 21.8 Å². The highest BCUT2D eigenvalue weighted by atomic mass is 35.5. The van der Waals surface area contributed by atoms with Gasteiger partial charge in [-0.3, -0.25) is 0 Å². The van der Waals surface area contributed by atoms with E-state index < -0.39 is 9.84 Å². The molecule has 0 unspecified atom stereocenters. The molecule has 148 valence electrons. The minimum absolute atomic E-state index is 0.202. The Balaban J connectivity index is 1.49. The Kier molecular flexibility index (Phi) is 4.66. The summed E-state index contributed by atoms with van der Waals surface area (Å²) in [4.78, 5) is 5.78. The van der Waals surface area contributed by atoms with E-state index in [1.807, 2.05) is 40.2 Å². The van der Waals surface area contributed by atoms with Gasteiger partial charge in [0.25, 0.3) is 0 Å². The number of halogens is 1. The molecule has 30 heavy (non-hydrogen) atoms. The Morgan fingerprint density at radius 3 is 2.10 bits per heavy atom. The molecule has 2 aromatic heterocycles. The second kappa shape index (κ2) is 7.36. The molecular formula is C22H14ClN3O2S2. The van der Waals surface area contributed by atoms with Crippen LogP contribution in [-0.4, -0.2) is 23.0 Å². The molecule has 5 rings (SSSR count). The fourth-order valence-corrected chi connectivity index (χ4v) is 5.36. The molecule has 0 atom stereocenters. The molecule has 5 nitrogen and oxygen atoms in total. The van der Waals surface area contributed by atoms with Crippen LogP contribution in [0.3, 0.4) is 0 Å². The Morgan fingerprint density at radius 2 is 1.43 bits per heavy atom. The summed E-state index contributed by atoms with van der Waals surface area (Å²) in [7, 11) is -3.61. The maximum absolute atomic E-state index is 12.8. The minimum Gasteiger partial charge on any atom is -0.219 e. The summed E-state index contributed by atoms with van der Waals surface area (Å²) in [6.07, 6.45) is 0. The van der Waals surface area contributed by atoms with Crippen molar-refractivity contribution in [1.82, 2.24) is 14.6 Å². The molecule has 8 heteroatoms. The lowest BCUT2D eigenvalue weighted by molar-refractivity contribution is 0.596. The molecule has 0 aliphatic carbocycles. The number of benzene rings is 3. The van der Waals surface area contributed by atoms with Crippen molar-refractivity contribution < 1.29 is 8.42 Å². The van der Waals surface area contributed by atoms with Gasteiger partial charge < -0.3 is 0 Å². The van der Waals surface area contributed by atoms with Gasteiger partial charge in [0.05, 0.1) is 15.5 Å². The number of hydrogen-bond acceptors (Lipinski definition) is 5. The third-order valence-electron chi connectivity index (χ3n) is 4.70. The zero-order chi connectivity index (χ0) is 20.7. The lowest BCUT2D eigenvalue weighted by atomic mass is 10.2. The summed E-state index contributed by atoms with van der Waals surface area (Å²) in [5.41, 5.74) is 2.78. The predicted octanol–water partition coefficient (Wildman–Crippen LogP) is 5.61. The van der Waals surface area contributed by atoms with Crippen LogP contribution in [0.1, 0.15) is 0 Å². The monoisotopic (exact) mass is 451 g/mol. The first-order valence-electron chi connectivity index (χ1n) is 9.03. The number of fused-ring (bicyclic) bond motifs is 1. The maximum Gasteiger partial charge on any atom is 0.213 e. The predicted molar refractivity (Wildman–Crippen MR) is 119 cm³/mol. The van der Waals surface area contributed by atoms with E-state index in [4.69, 9.17) is 11.6 Å². The summed E-state index contributed by atoms with van der Waals surface area (Å²) >= 11 is 7.37. The van der Waals surface area contributed by atoms with Crippen molar-refractivity contribution in [3.63, 3.8) is 0 Å². The van der Waals surface area contributed by atoms with Crippen LogP contribution in [0.15, 0.2) is 94.0 Å². The van der Waals surface area contributed by atoms with Crippen molar-refractivity contribution in [3.8, 4) is 22.6 Å². The Labute approximate surface area is 182 Å². The van der Waals surface area contributed by atoms with Gasteiger partial charge in [-0.1, -0.05) is 41.9 Å². The molecule has 0 aliphatic heterocycles. The van der Waals surface area contributed by atoms with Crippen LogP contribution in [0.4, 0.5) is 0 Å². The van der Waals surface area contributed by atoms with Crippen LogP contribution >= 0.6 is 22.9 Å². The highest BCUT2D eigenvalue weighted by molar-refractivity contribution is 7.91. The first kappa shape index (κ1) is 19.0. The molecule has 3 aromatic carbocycles. The molecule has 0 saturated heterocycles. The first-order chi connectivity index (χ1) is 14.5. The van der Waals surface area contributed by atoms with Crippen molar-refractivity contribution in [2.45, 2.75) is 9.79 Å². The summed E-state index contributed by atoms with van der Waals surface area (Å²) in [6, 6.07) is 22.7. The van der Waals surface area contributed by atoms with Gasteiger partial charge in [-0.05, 0) is 48.5 Å². The van der Waals surface area contributed by atoms with E-state index in [0.29, 0.717) is 10.8 Å². The Morgan fingerprint density at radius 1 is 0.800 bits per heavy atom. The molecule has 0 spiro atoms. The van der Waals surface area contributed by atoms with Crippen LogP contribution < -0.4 is 0 Å². The normalized spacial score (nSPS) is 11.8. The summed E-state index contributed by atoms with van der Waals surface area (Å²) in [5, 5.41) is 7.15. The molecule has 0 saturated carbocycles. The number of rotatable bonds is 4. The fourth-order valence-electron chi connectivity index (χ4n) is 3.14. The van der Waals surface area contributed by atoms with Crippen LogP contribution in [0.5, 0.6) is 0 Å². The average molecular weight is 452 g/mol. The fraction of sp³-hybridized carbons (Fsp3) is 0. The average Bonchev–Trinajstić information content (AvgIpc) is 3.36. The molecule has 0 N–H and O–H groups in total. The maximum atomic E-state index is 12.8. The van der Waals surface area contributed by atoms with Gasteiger partial charge >= 0.3 is 0 Å². The highest BCUT2D eigenvalue weighted by Crippen LogP contribution is 2.28. The van der Waals surface area contributed by atoms with E-state index >= 15 is 0 Å². The van der Waals surface area contributed by atoms with Crippen LogP contribution in [0.2, 0.25) is 5.02 Å². The number of nitrogens with zero attached hydrogens (tertiary/aromatic N) is 3. The van der Waals surface area contributed by atoms with E-state index in [1.165, 1.54) is 23.5 Å². The second-order valence-electron chi connectivity index (χ2n) is 6.60. The number of sulfone groups is 1. The quantitative estimate of drug-likeness (QED) is 0.356. The molecule has 5 aromatic rings. The molecular weight excluding hydrogens is 438 g/mol. The van der Waals surface area contributed by atoms with Crippen LogP contribution in [0, 0.1) is 0 Å². The lowest BCUT2D eigenvalue weighted by Gasteiger charge is -2.05. The number of hydrogen-bond donors (Lipinski definition) is 0. The smallest absolute Gasteiger partial charge is 0.213 e. The van der Waals surface area contributed by atoms with Crippen molar-refractivity contribution in [1.29, 1.82) is 0 Å². The standard InChI is InChI=1S/C22H14ClN3O2S2/c23-17-8-12-19(13-9-17)30(27,28)18-10-6-16(7-11-18)21-24-22-26(25-21)20(14-29-22)15-4-2-1-3-5-15/h1-14H. The third kappa shape index (κ3) is 3.31. The van der Waals surface area contributed by atoms with E-state index in [-0.39, 0.29) is 9.79 Å². The summed E-state index contributed by atoms with van der Waals surface area (Å²) < 4.78 is 27.4. The molecule has 0 fully saturated rings. The van der Waals surface area contributed by atoms with Gasteiger partial charge in [0.1, 0.15) is 0 Å². The molecule has 2 heterocycles. The topological polar surface area (TPSA) is 64.3 Å². The van der Waals surface area contributed by atoms with Gasteiger partial charge in [-0.2, -0.15) is 4.98 Å². The van der Waals surface area contributed by atoms with Gasteiger partial charge in [0.2, 0.25) is 14.8 Å². The Hall–Kier alpha value is -3.00. The van der Waals surface area contributed by atoms with Crippen molar-refractivity contribution in [2.75, 3.05) is 0 Å². The number of aromatic nitrogens is 3. The van der Waals surface area contributed by atoms with E-state index in [9.17, 15) is 8.42 Å². The zero-order valence-electron chi connectivity index (χ0n) is 15.4. The van der Waals surface area contributed by atoms with Crippen molar-refractivity contribution in [3.05, 3.63) is 89.3 Å². The Bertz CT molecular complexity index is 1440. The lowest BCUT2D eigenvalue weighted by Crippen LogP contribution is -2.01. The highest BCUT2D eigenvalue weighted by Gasteiger charge is 2.18. The molecule has 0 amide bonds. The van der Waals surface area contributed by atoms with E-state index in [1.54, 1.807) is 36.4 Å². The zero-order valence-corrected chi connectivity index (χ0v) is 17.8. The van der Waals surface area contributed by atoms with E-state index in [2.05, 4.69) is 10.1 Å². The van der Waals surface area contributed by atoms with Crippen molar-refractivity contribution in [2.24, 2.45) is 0 Å². The van der Waals surface area contributed by atoms with Gasteiger partial charge in [-0.15, -0.1) is 16.4 Å². The summed E-state index contributed by atoms with van der Waals surface area (Å²) in [5.74, 6) is 0.550. The van der Waals surface area contributed by atoms with Crippen LogP contribution in [0.25, 0.3) is 27.6 Å². The van der Waals surface area contributed by atoms with Gasteiger partial charge in [0, 0.05) is 21.5 Å². The minimum atomic E-state index is -3.61. The second-order valence-corrected chi connectivity index (χ2v) is 9.82. The third-order valence-corrected chi connectivity index (χ3v) is 7.55. The van der Waals surface area contributed by atoms with Gasteiger partial charge in [0.15, 0.2) is 5.82 Å². The largest absolute Gasteiger partial charge is 0.219 e. The van der Waals surface area contributed by atoms with Gasteiger partial charge in [-0.25, -0.2) is 12.9 Å². The first-order valence-corrected chi connectivity index (χ1v) is 11.8. The summed E-state index contributed by atoms with van der Waals surface area (Å²) in [6.45, 7) is 0.